The smallest absolute Gasteiger partial charge is 0.0670 e. The van der Waals surface area contributed by atoms with Gasteiger partial charge in [-0.1, -0.05) is 152 Å². The molecular formula is C35H32Si. The maximum atomic E-state index is 2.47. The van der Waals surface area contributed by atoms with E-state index >= 15 is 0 Å². The van der Waals surface area contributed by atoms with Gasteiger partial charge in [0.1, 0.15) is 0 Å². The van der Waals surface area contributed by atoms with E-state index in [0.717, 1.165) is 6.42 Å². The molecule has 0 saturated carbocycles. The van der Waals surface area contributed by atoms with Crippen LogP contribution in [0.15, 0.2) is 133 Å². The molecule has 0 nitrogen and oxygen atoms in total. The Bertz CT molecular complexity index is 1430. The highest BCUT2D eigenvalue weighted by atomic mass is 28.3. The molecule has 176 valence electrons. The molecule has 1 heteroatoms. The van der Waals surface area contributed by atoms with Crippen molar-refractivity contribution in [2.75, 3.05) is 0 Å². The molecule has 0 amide bonds. The van der Waals surface area contributed by atoms with E-state index in [1.54, 1.807) is 5.19 Å². The summed E-state index contributed by atoms with van der Waals surface area (Å²) in [5.74, 6) is 0.268. The zero-order chi connectivity index (χ0) is 24.5. The Hall–Kier alpha value is -3.68. The standard InChI is InChI=1S/C35H32Si/c1-36(2)33-23-13-22-32(34(33)31-25-24-26-14-9-12-21-30(26)31)35(29-19-10-11-20-29,27-15-5-3-6-16-27)28-17-7-4-8-18-28/h3-19,21-25,31,36H,20H2,1-2H3. The second-order valence-electron chi connectivity index (χ2n) is 10.2. The minimum atomic E-state index is -1.13. The molecular weight excluding hydrogens is 448 g/mol. The maximum absolute atomic E-state index is 2.47. The summed E-state index contributed by atoms with van der Waals surface area (Å²) < 4.78 is 0. The summed E-state index contributed by atoms with van der Waals surface area (Å²) in [6, 6.07) is 38.4. The average Bonchev–Trinajstić information content (AvgIpc) is 3.61. The van der Waals surface area contributed by atoms with Crippen molar-refractivity contribution in [1.29, 1.82) is 0 Å². The quantitative estimate of drug-likeness (QED) is 0.195. The fourth-order valence-electron chi connectivity index (χ4n) is 6.38. The van der Waals surface area contributed by atoms with E-state index in [4.69, 9.17) is 0 Å². The number of allylic oxidation sites excluding steroid dienone is 5. The highest BCUT2D eigenvalue weighted by Gasteiger charge is 2.43. The Morgan fingerprint density at radius 1 is 0.722 bits per heavy atom. The summed E-state index contributed by atoms with van der Waals surface area (Å²) in [4.78, 5) is 0. The van der Waals surface area contributed by atoms with Gasteiger partial charge in [0.15, 0.2) is 0 Å². The predicted octanol–water partition coefficient (Wildman–Crippen LogP) is 7.76. The second-order valence-corrected chi connectivity index (χ2v) is 13.2. The van der Waals surface area contributed by atoms with Crippen LogP contribution >= 0.6 is 0 Å². The normalized spacial score (nSPS) is 16.4. The first-order valence-electron chi connectivity index (χ1n) is 13.1. The van der Waals surface area contributed by atoms with Gasteiger partial charge in [0, 0.05) is 5.92 Å². The first-order chi connectivity index (χ1) is 17.7. The molecule has 0 N–H and O–H groups in total. The third-order valence-corrected chi connectivity index (χ3v) is 9.69. The lowest BCUT2D eigenvalue weighted by atomic mass is 9.62. The van der Waals surface area contributed by atoms with Crippen LogP contribution in [-0.2, 0) is 5.41 Å². The Morgan fingerprint density at radius 3 is 2.03 bits per heavy atom. The summed E-state index contributed by atoms with van der Waals surface area (Å²) in [6.07, 6.45) is 12.6. The molecule has 4 aromatic carbocycles. The molecule has 0 heterocycles. The molecule has 1 atom stereocenters. The van der Waals surface area contributed by atoms with E-state index < -0.39 is 8.80 Å². The van der Waals surface area contributed by atoms with Gasteiger partial charge in [0.05, 0.1) is 14.2 Å². The lowest BCUT2D eigenvalue weighted by Crippen LogP contribution is -2.38. The van der Waals surface area contributed by atoms with Crippen LogP contribution in [0.4, 0.5) is 0 Å². The molecule has 2 aliphatic carbocycles. The predicted molar refractivity (Wildman–Crippen MR) is 157 cm³/mol. The summed E-state index contributed by atoms with van der Waals surface area (Å²) in [5.41, 5.74) is 9.48. The van der Waals surface area contributed by atoms with Crippen LogP contribution in [0.1, 0.15) is 45.7 Å². The minimum absolute atomic E-state index is 0.268. The van der Waals surface area contributed by atoms with Crippen LogP contribution in [0.2, 0.25) is 13.1 Å². The van der Waals surface area contributed by atoms with E-state index in [2.05, 4.69) is 147 Å². The summed E-state index contributed by atoms with van der Waals surface area (Å²) in [5, 5.41) is 1.57. The van der Waals surface area contributed by atoms with Gasteiger partial charge < -0.3 is 0 Å². The molecule has 0 spiro atoms. The van der Waals surface area contributed by atoms with Crippen molar-refractivity contribution in [3.05, 3.63) is 166 Å². The number of benzene rings is 4. The Labute approximate surface area is 217 Å². The van der Waals surface area contributed by atoms with Gasteiger partial charge >= 0.3 is 0 Å². The van der Waals surface area contributed by atoms with E-state index in [1.165, 1.54) is 39.0 Å². The van der Waals surface area contributed by atoms with Crippen molar-refractivity contribution in [3.63, 3.8) is 0 Å². The van der Waals surface area contributed by atoms with E-state index in [-0.39, 0.29) is 11.3 Å². The van der Waals surface area contributed by atoms with Crippen molar-refractivity contribution in [1.82, 2.24) is 0 Å². The van der Waals surface area contributed by atoms with Gasteiger partial charge in [-0.15, -0.1) is 0 Å². The molecule has 36 heavy (non-hydrogen) atoms. The molecule has 0 aromatic heterocycles. The van der Waals surface area contributed by atoms with E-state index in [9.17, 15) is 0 Å². The zero-order valence-electron chi connectivity index (χ0n) is 21.1. The molecule has 0 saturated heterocycles. The highest BCUT2D eigenvalue weighted by molar-refractivity contribution is 6.71. The van der Waals surface area contributed by atoms with E-state index in [0.29, 0.717) is 0 Å². The number of fused-ring (bicyclic) bond motifs is 1. The van der Waals surface area contributed by atoms with Crippen molar-refractivity contribution < 1.29 is 0 Å². The van der Waals surface area contributed by atoms with Crippen LogP contribution in [0, 0.1) is 0 Å². The molecule has 1 unspecified atom stereocenters. The molecule has 0 aliphatic heterocycles. The Morgan fingerprint density at radius 2 is 1.39 bits per heavy atom. The van der Waals surface area contributed by atoms with Crippen LogP contribution in [-0.4, -0.2) is 8.80 Å². The summed E-state index contributed by atoms with van der Waals surface area (Å²) in [6.45, 7) is 4.94. The second kappa shape index (κ2) is 9.41. The SMILES string of the molecule is C[SiH](C)c1cccc(C(C2=CC=CC2)(c2ccccc2)c2ccccc2)c1C1C=Cc2ccccc21. The number of hydrogen-bond donors (Lipinski definition) is 0. The van der Waals surface area contributed by atoms with Crippen molar-refractivity contribution >= 4 is 20.1 Å². The topological polar surface area (TPSA) is 0 Å². The molecule has 6 rings (SSSR count). The van der Waals surface area contributed by atoms with Crippen LogP contribution in [0.25, 0.3) is 6.08 Å². The molecule has 0 fully saturated rings. The molecule has 2 aliphatic rings. The van der Waals surface area contributed by atoms with Gasteiger partial charge in [-0.2, -0.15) is 0 Å². The zero-order valence-corrected chi connectivity index (χ0v) is 22.2. The van der Waals surface area contributed by atoms with Crippen molar-refractivity contribution in [2.45, 2.75) is 30.8 Å². The van der Waals surface area contributed by atoms with Crippen LogP contribution < -0.4 is 5.19 Å². The maximum Gasteiger partial charge on any atom is 0.0670 e. The van der Waals surface area contributed by atoms with Gasteiger partial charge in [-0.25, -0.2) is 0 Å². The lowest BCUT2D eigenvalue weighted by molar-refractivity contribution is 0.699. The van der Waals surface area contributed by atoms with Gasteiger partial charge in [0.25, 0.3) is 0 Å². The van der Waals surface area contributed by atoms with Crippen LogP contribution in [0.5, 0.6) is 0 Å². The first-order valence-corrected chi connectivity index (χ1v) is 16.0. The average molecular weight is 481 g/mol. The Kier molecular flexibility index (Phi) is 5.95. The number of rotatable bonds is 6. The third-order valence-electron chi connectivity index (χ3n) is 7.94. The monoisotopic (exact) mass is 480 g/mol. The van der Waals surface area contributed by atoms with Crippen molar-refractivity contribution in [2.24, 2.45) is 0 Å². The van der Waals surface area contributed by atoms with Gasteiger partial charge in [-0.05, 0) is 45.4 Å². The minimum Gasteiger partial charge on any atom is -0.0804 e. The fraction of sp³-hybridized carbons (Fsp3) is 0.143. The highest BCUT2D eigenvalue weighted by Crippen LogP contribution is 2.51. The molecule has 4 aromatic rings. The number of hydrogen-bond acceptors (Lipinski definition) is 0. The Balaban J connectivity index is 1.74. The summed E-state index contributed by atoms with van der Waals surface area (Å²) >= 11 is 0. The van der Waals surface area contributed by atoms with Gasteiger partial charge in [0.2, 0.25) is 0 Å². The van der Waals surface area contributed by atoms with E-state index in [1.807, 2.05) is 0 Å². The summed E-state index contributed by atoms with van der Waals surface area (Å²) in [7, 11) is -1.13. The van der Waals surface area contributed by atoms with Crippen molar-refractivity contribution in [3.8, 4) is 0 Å². The van der Waals surface area contributed by atoms with Gasteiger partial charge in [-0.3, -0.25) is 0 Å². The third kappa shape index (κ3) is 3.58. The molecule has 0 bridgehead atoms. The molecule has 0 radical (unpaired) electrons. The fourth-order valence-corrected chi connectivity index (χ4v) is 7.84. The largest absolute Gasteiger partial charge is 0.0804 e. The van der Waals surface area contributed by atoms with Crippen LogP contribution in [0.3, 0.4) is 0 Å². The lowest BCUT2D eigenvalue weighted by Gasteiger charge is -2.41. The first kappa shape index (κ1) is 22.8.